The van der Waals surface area contributed by atoms with Crippen molar-refractivity contribution in [1.29, 1.82) is 0 Å². The van der Waals surface area contributed by atoms with Crippen LogP contribution in [0, 0.1) is 6.92 Å². The molecule has 2 N–H and O–H groups in total. The van der Waals surface area contributed by atoms with E-state index in [4.69, 9.17) is 0 Å². The number of anilines is 3. The summed E-state index contributed by atoms with van der Waals surface area (Å²) >= 11 is 4.43. The molecule has 2 aromatic carbocycles. The van der Waals surface area contributed by atoms with Gasteiger partial charge >= 0.3 is 0 Å². The maximum Gasteiger partial charge on any atom is 0.234 e. The Balaban J connectivity index is 1.54. The van der Waals surface area contributed by atoms with Crippen LogP contribution >= 0.6 is 34.9 Å². The van der Waals surface area contributed by atoms with E-state index in [1.165, 1.54) is 23.1 Å². The van der Waals surface area contributed by atoms with Crippen molar-refractivity contribution in [3.05, 3.63) is 54.1 Å². The van der Waals surface area contributed by atoms with Gasteiger partial charge in [-0.25, -0.2) is 0 Å². The van der Waals surface area contributed by atoms with Crippen molar-refractivity contribution in [1.82, 2.24) is 10.2 Å². The van der Waals surface area contributed by atoms with Crippen LogP contribution in [0.25, 0.3) is 0 Å². The van der Waals surface area contributed by atoms with E-state index in [1.807, 2.05) is 61.7 Å². The van der Waals surface area contributed by atoms with Gasteiger partial charge in [-0.1, -0.05) is 53.4 Å². The standard InChI is InChI=1S/C18H18N4OS3/c1-12-7-3-4-8-13(12)20-17-21-22-18(26-17)25-11-16(23)19-14-9-5-6-10-15(14)24-2/h3-10H,11H2,1-2H3,(H,19,23)(H,20,21). The van der Waals surface area contributed by atoms with Crippen LogP contribution in [0.3, 0.4) is 0 Å². The molecule has 26 heavy (non-hydrogen) atoms. The van der Waals surface area contributed by atoms with Gasteiger partial charge in [-0.05, 0) is 36.9 Å². The lowest BCUT2D eigenvalue weighted by atomic mass is 10.2. The van der Waals surface area contributed by atoms with Gasteiger partial charge in [0.15, 0.2) is 4.34 Å². The Kier molecular flexibility index (Phi) is 6.54. The Bertz CT molecular complexity index is 897. The zero-order valence-electron chi connectivity index (χ0n) is 14.4. The Morgan fingerprint density at radius 3 is 2.58 bits per heavy atom. The minimum atomic E-state index is -0.0555. The van der Waals surface area contributed by atoms with Gasteiger partial charge in [0.25, 0.3) is 0 Å². The van der Waals surface area contributed by atoms with E-state index in [2.05, 4.69) is 20.8 Å². The molecule has 0 aliphatic rings. The van der Waals surface area contributed by atoms with Crippen LogP contribution < -0.4 is 10.6 Å². The minimum Gasteiger partial charge on any atom is -0.330 e. The number of nitrogens with zero attached hydrogens (tertiary/aromatic N) is 2. The second kappa shape index (κ2) is 9.07. The molecule has 1 aromatic heterocycles. The average Bonchev–Trinajstić information content (AvgIpc) is 3.10. The summed E-state index contributed by atoms with van der Waals surface area (Å²) in [5.74, 6) is 0.238. The van der Waals surface area contributed by atoms with Crippen molar-refractivity contribution in [2.75, 3.05) is 22.6 Å². The molecule has 0 unspecified atom stereocenters. The maximum absolute atomic E-state index is 12.2. The summed E-state index contributed by atoms with van der Waals surface area (Å²) in [6, 6.07) is 15.8. The minimum absolute atomic E-state index is 0.0555. The van der Waals surface area contributed by atoms with Crippen molar-refractivity contribution in [3.8, 4) is 0 Å². The predicted octanol–water partition coefficient (Wildman–Crippen LogP) is 5.04. The second-order valence-electron chi connectivity index (χ2n) is 5.35. The van der Waals surface area contributed by atoms with Crippen molar-refractivity contribution in [2.24, 2.45) is 0 Å². The molecule has 0 saturated carbocycles. The van der Waals surface area contributed by atoms with Crippen LogP contribution in [0.2, 0.25) is 0 Å². The highest BCUT2D eigenvalue weighted by molar-refractivity contribution is 8.01. The zero-order chi connectivity index (χ0) is 18.4. The molecule has 0 saturated heterocycles. The zero-order valence-corrected chi connectivity index (χ0v) is 16.8. The summed E-state index contributed by atoms with van der Waals surface area (Å²) in [5, 5.41) is 15.2. The third-order valence-corrected chi connectivity index (χ3v) is 6.27. The van der Waals surface area contributed by atoms with Gasteiger partial charge in [0.05, 0.1) is 11.4 Å². The molecule has 5 nitrogen and oxygen atoms in total. The van der Waals surface area contributed by atoms with Gasteiger partial charge < -0.3 is 10.6 Å². The van der Waals surface area contributed by atoms with E-state index in [-0.39, 0.29) is 5.91 Å². The first kappa shape index (κ1) is 18.8. The summed E-state index contributed by atoms with van der Waals surface area (Å²) < 4.78 is 0.759. The molecule has 0 radical (unpaired) electrons. The lowest BCUT2D eigenvalue weighted by molar-refractivity contribution is -0.113. The van der Waals surface area contributed by atoms with Crippen molar-refractivity contribution < 1.29 is 4.79 Å². The fourth-order valence-electron chi connectivity index (χ4n) is 2.21. The first-order chi connectivity index (χ1) is 12.7. The number of hydrogen-bond acceptors (Lipinski definition) is 7. The molecule has 0 bridgehead atoms. The molecule has 134 valence electrons. The van der Waals surface area contributed by atoms with Gasteiger partial charge in [0.2, 0.25) is 11.0 Å². The Morgan fingerprint density at radius 1 is 1.08 bits per heavy atom. The molecule has 0 spiro atoms. The molecule has 0 aliphatic heterocycles. The third kappa shape index (κ3) is 5.00. The molecule has 3 rings (SSSR count). The van der Waals surface area contributed by atoms with Gasteiger partial charge in [-0.15, -0.1) is 22.0 Å². The summed E-state index contributed by atoms with van der Waals surface area (Å²) in [7, 11) is 0. The van der Waals surface area contributed by atoms with E-state index in [0.717, 1.165) is 31.3 Å². The molecule has 0 fully saturated rings. The number of para-hydroxylation sites is 2. The quantitative estimate of drug-likeness (QED) is 0.540. The molecule has 1 amide bonds. The van der Waals surface area contributed by atoms with Gasteiger partial charge in [0, 0.05) is 10.6 Å². The Morgan fingerprint density at radius 2 is 1.81 bits per heavy atom. The van der Waals surface area contributed by atoms with Crippen molar-refractivity contribution in [2.45, 2.75) is 16.2 Å². The molecule has 0 atom stereocenters. The second-order valence-corrected chi connectivity index (χ2v) is 8.40. The lowest BCUT2D eigenvalue weighted by Gasteiger charge is -2.08. The fourth-order valence-corrected chi connectivity index (χ4v) is 4.33. The summed E-state index contributed by atoms with van der Waals surface area (Å²) in [4.78, 5) is 13.2. The van der Waals surface area contributed by atoms with Crippen molar-refractivity contribution >= 4 is 57.3 Å². The first-order valence-corrected chi connectivity index (χ1v) is 10.9. The van der Waals surface area contributed by atoms with Crippen LogP contribution in [0.4, 0.5) is 16.5 Å². The highest BCUT2D eigenvalue weighted by Gasteiger charge is 2.10. The number of hydrogen-bond donors (Lipinski definition) is 2. The highest BCUT2D eigenvalue weighted by Crippen LogP contribution is 2.29. The maximum atomic E-state index is 12.2. The van der Waals surface area contributed by atoms with E-state index in [0.29, 0.717) is 5.75 Å². The van der Waals surface area contributed by atoms with Crippen LogP contribution in [0.15, 0.2) is 57.8 Å². The largest absolute Gasteiger partial charge is 0.330 e. The van der Waals surface area contributed by atoms with E-state index < -0.39 is 0 Å². The number of aromatic nitrogens is 2. The average molecular weight is 403 g/mol. The number of rotatable bonds is 7. The monoisotopic (exact) mass is 402 g/mol. The van der Waals surface area contributed by atoms with Gasteiger partial charge in [0.1, 0.15) is 0 Å². The summed E-state index contributed by atoms with van der Waals surface area (Å²) in [5.41, 5.74) is 2.99. The number of carbonyl (C=O) groups is 1. The lowest BCUT2D eigenvalue weighted by Crippen LogP contribution is -2.14. The summed E-state index contributed by atoms with van der Waals surface area (Å²) in [6.07, 6.45) is 1.99. The summed E-state index contributed by atoms with van der Waals surface area (Å²) in [6.45, 7) is 2.04. The Hall–Kier alpha value is -2.03. The fraction of sp³-hybridized carbons (Fsp3) is 0.167. The number of benzene rings is 2. The number of thioether (sulfide) groups is 2. The molecule has 0 aliphatic carbocycles. The number of carbonyl (C=O) groups excluding carboxylic acids is 1. The number of aryl methyl sites for hydroxylation is 1. The predicted molar refractivity (Wildman–Crippen MR) is 112 cm³/mol. The molecular weight excluding hydrogens is 384 g/mol. The van der Waals surface area contributed by atoms with Crippen LogP contribution in [0.1, 0.15) is 5.56 Å². The molecule has 8 heteroatoms. The van der Waals surface area contributed by atoms with E-state index >= 15 is 0 Å². The first-order valence-electron chi connectivity index (χ1n) is 7.87. The van der Waals surface area contributed by atoms with Crippen LogP contribution in [-0.4, -0.2) is 28.1 Å². The molecular formula is C18H18N4OS3. The third-order valence-electron chi connectivity index (χ3n) is 3.50. The van der Waals surface area contributed by atoms with Crippen LogP contribution in [-0.2, 0) is 4.79 Å². The SMILES string of the molecule is CSc1ccccc1NC(=O)CSc1nnc(Nc2ccccc2C)s1. The van der Waals surface area contributed by atoms with E-state index in [9.17, 15) is 4.79 Å². The highest BCUT2D eigenvalue weighted by atomic mass is 32.2. The number of nitrogens with one attached hydrogen (secondary N) is 2. The topological polar surface area (TPSA) is 66.9 Å². The van der Waals surface area contributed by atoms with Gasteiger partial charge in [-0.3, -0.25) is 4.79 Å². The van der Waals surface area contributed by atoms with Gasteiger partial charge in [-0.2, -0.15) is 0 Å². The molecule has 1 heterocycles. The van der Waals surface area contributed by atoms with E-state index in [1.54, 1.807) is 11.8 Å². The number of amides is 1. The Labute approximate surface area is 165 Å². The van der Waals surface area contributed by atoms with Crippen LogP contribution in [0.5, 0.6) is 0 Å². The smallest absolute Gasteiger partial charge is 0.234 e. The van der Waals surface area contributed by atoms with Crippen molar-refractivity contribution in [3.63, 3.8) is 0 Å². The normalized spacial score (nSPS) is 10.5. The molecule has 3 aromatic rings.